The molecule has 11 heteroatoms. The van der Waals surface area contributed by atoms with E-state index >= 15 is 0 Å². The van der Waals surface area contributed by atoms with Crippen molar-refractivity contribution in [1.29, 1.82) is 0 Å². The number of benzene rings is 2. The summed E-state index contributed by atoms with van der Waals surface area (Å²) < 4.78 is 13.3. The van der Waals surface area contributed by atoms with Gasteiger partial charge in [0.25, 0.3) is 0 Å². The summed E-state index contributed by atoms with van der Waals surface area (Å²) in [7, 11) is 1.29. The summed E-state index contributed by atoms with van der Waals surface area (Å²) in [6.07, 6.45) is 2.63. The Morgan fingerprint density at radius 2 is 1.88 bits per heavy atom. The number of esters is 1. The van der Waals surface area contributed by atoms with Crippen molar-refractivity contribution in [1.82, 2.24) is 19.1 Å². The molecule has 1 saturated carbocycles. The number of halogens is 1. The SMILES string of the molecule is COC(=O)[C@H](C)C1(n2c(=O)nc(Nc3ccc(Oc4ccccn4)c(C)c3)n(Cc3ccc(Cl)cc3)c2=O)CC1. The number of rotatable bonds is 9. The van der Waals surface area contributed by atoms with Crippen molar-refractivity contribution < 1.29 is 14.3 Å². The lowest BCUT2D eigenvalue weighted by molar-refractivity contribution is -0.147. The molecule has 0 unspecified atom stereocenters. The molecule has 2 heterocycles. The molecule has 0 saturated heterocycles. The second-order valence-corrected chi connectivity index (χ2v) is 10.2. The zero-order valence-electron chi connectivity index (χ0n) is 22.3. The number of hydrogen-bond acceptors (Lipinski definition) is 8. The van der Waals surface area contributed by atoms with Gasteiger partial charge in [-0.1, -0.05) is 29.8 Å². The number of carbonyl (C=O) groups excluding carboxylic acids is 1. The summed E-state index contributed by atoms with van der Waals surface area (Å²) in [4.78, 5) is 48.1. The van der Waals surface area contributed by atoms with Crippen LogP contribution in [0.3, 0.4) is 0 Å². The molecule has 2 aromatic carbocycles. The number of methoxy groups -OCH3 is 1. The monoisotopic (exact) mass is 561 g/mol. The summed E-state index contributed by atoms with van der Waals surface area (Å²) in [5.74, 6) is -0.0386. The molecule has 0 amide bonds. The van der Waals surface area contributed by atoms with Crippen LogP contribution in [-0.2, 0) is 21.6 Å². The highest BCUT2D eigenvalue weighted by atomic mass is 35.5. The number of nitrogens with zero attached hydrogens (tertiary/aromatic N) is 4. The van der Waals surface area contributed by atoms with Crippen molar-refractivity contribution in [3.63, 3.8) is 0 Å². The van der Waals surface area contributed by atoms with Gasteiger partial charge in [0.2, 0.25) is 11.8 Å². The van der Waals surface area contributed by atoms with E-state index in [0.29, 0.717) is 35.2 Å². The highest BCUT2D eigenvalue weighted by Crippen LogP contribution is 2.48. The molecule has 0 spiro atoms. The van der Waals surface area contributed by atoms with E-state index in [1.165, 1.54) is 11.7 Å². The number of anilines is 2. The van der Waals surface area contributed by atoms with Crippen molar-refractivity contribution in [2.45, 2.75) is 38.8 Å². The average Bonchev–Trinajstić information content (AvgIpc) is 3.74. The first kappa shape index (κ1) is 27.1. The van der Waals surface area contributed by atoms with E-state index in [2.05, 4.69) is 15.3 Å². The van der Waals surface area contributed by atoms with Gasteiger partial charge in [0.05, 0.1) is 25.1 Å². The van der Waals surface area contributed by atoms with E-state index in [4.69, 9.17) is 21.1 Å². The molecule has 206 valence electrons. The molecule has 2 aromatic heterocycles. The maximum atomic E-state index is 13.9. The molecule has 0 radical (unpaired) electrons. The third-order valence-corrected chi connectivity index (χ3v) is 7.43. The molecule has 0 aliphatic heterocycles. The minimum absolute atomic E-state index is 0.0699. The second kappa shape index (κ2) is 11.0. The third kappa shape index (κ3) is 5.35. The van der Waals surface area contributed by atoms with Crippen LogP contribution in [0.15, 0.2) is 76.4 Å². The Kier molecular flexibility index (Phi) is 7.44. The molecule has 40 heavy (non-hydrogen) atoms. The van der Waals surface area contributed by atoms with Crippen LogP contribution >= 0.6 is 11.6 Å². The van der Waals surface area contributed by atoms with Gasteiger partial charge in [0, 0.05) is 23.0 Å². The molecule has 0 bridgehead atoms. The lowest BCUT2D eigenvalue weighted by Crippen LogP contribution is -2.51. The number of carbonyl (C=O) groups is 1. The summed E-state index contributed by atoms with van der Waals surface area (Å²) in [6.45, 7) is 3.66. The second-order valence-electron chi connectivity index (χ2n) is 9.77. The van der Waals surface area contributed by atoms with E-state index in [1.54, 1.807) is 61.7 Å². The molecule has 1 aliphatic carbocycles. The zero-order chi connectivity index (χ0) is 28.4. The standard InChI is InChI=1S/C29H28ClN5O5/c1-18-16-22(11-12-23(18)40-24-6-4-5-15-31-24)32-26-33-27(37)35(29(13-14-29)19(2)25(36)39-3)28(38)34(26)17-20-7-9-21(30)10-8-20/h4-12,15-16,19H,13-14,17H2,1-3H3,(H,32,33,37)/t19-/m0/s1. The number of ether oxygens (including phenoxy) is 2. The lowest BCUT2D eigenvalue weighted by atomic mass is 9.99. The van der Waals surface area contributed by atoms with Crippen LogP contribution in [0.5, 0.6) is 11.6 Å². The van der Waals surface area contributed by atoms with Gasteiger partial charge in [0.15, 0.2) is 0 Å². The van der Waals surface area contributed by atoms with Crippen LogP contribution in [0.2, 0.25) is 5.02 Å². The third-order valence-electron chi connectivity index (χ3n) is 7.18. The Bertz CT molecular complexity index is 1660. The number of aromatic nitrogens is 4. The predicted molar refractivity (Wildman–Crippen MR) is 150 cm³/mol. The first-order valence-electron chi connectivity index (χ1n) is 12.7. The largest absolute Gasteiger partial charge is 0.469 e. The van der Waals surface area contributed by atoms with E-state index in [0.717, 1.165) is 15.7 Å². The van der Waals surface area contributed by atoms with Crippen molar-refractivity contribution >= 4 is 29.2 Å². The fraction of sp³-hybridized carbons (Fsp3) is 0.276. The molecule has 1 atom stereocenters. The van der Waals surface area contributed by atoms with Crippen molar-refractivity contribution in [3.8, 4) is 11.6 Å². The van der Waals surface area contributed by atoms with Gasteiger partial charge < -0.3 is 14.8 Å². The molecular weight excluding hydrogens is 534 g/mol. The van der Waals surface area contributed by atoms with Crippen LogP contribution in [0.4, 0.5) is 11.6 Å². The number of pyridine rings is 1. The molecule has 10 nitrogen and oxygen atoms in total. The summed E-state index contributed by atoms with van der Waals surface area (Å²) >= 11 is 6.06. The Hall–Kier alpha value is -4.44. The maximum Gasteiger partial charge on any atom is 0.355 e. The zero-order valence-corrected chi connectivity index (χ0v) is 23.0. The van der Waals surface area contributed by atoms with Gasteiger partial charge in [-0.3, -0.25) is 9.36 Å². The smallest absolute Gasteiger partial charge is 0.355 e. The lowest BCUT2D eigenvalue weighted by Gasteiger charge is -2.24. The molecule has 1 N–H and O–H groups in total. The van der Waals surface area contributed by atoms with E-state index < -0.39 is 28.8 Å². The van der Waals surface area contributed by atoms with E-state index in [-0.39, 0.29) is 12.5 Å². The molecule has 5 rings (SSSR count). The number of hydrogen-bond donors (Lipinski definition) is 1. The topological polar surface area (TPSA) is 117 Å². The van der Waals surface area contributed by atoms with Gasteiger partial charge in [-0.05, 0) is 74.2 Å². The van der Waals surface area contributed by atoms with E-state index in [1.807, 2.05) is 19.1 Å². The van der Waals surface area contributed by atoms with Crippen LogP contribution < -0.4 is 21.4 Å². The molecule has 1 fully saturated rings. The highest BCUT2D eigenvalue weighted by molar-refractivity contribution is 6.30. The number of nitrogens with one attached hydrogen (secondary N) is 1. The van der Waals surface area contributed by atoms with Crippen LogP contribution in [0, 0.1) is 12.8 Å². The van der Waals surface area contributed by atoms with Gasteiger partial charge in [-0.25, -0.2) is 19.1 Å². The normalized spacial score (nSPS) is 14.3. The maximum absolute atomic E-state index is 13.9. The van der Waals surface area contributed by atoms with Crippen molar-refractivity contribution in [2.75, 3.05) is 12.4 Å². The van der Waals surface area contributed by atoms with Gasteiger partial charge in [-0.2, -0.15) is 4.98 Å². The minimum Gasteiger partial charge on any atom is -0.469 e. The van der Waals surface area contributed by atoms with Crippen LogP contribution in [0.1, 0.15) is 30.9 Å². The quantitative estimate of drug-likeness (QED) is 0.294. The first-order chi connectivity index (χ1) is 19.2. The molecule has 1 aliphatic rings. The van der Waals surface area contributed by atoms with Crippen molar-refractivity contribution in [2.24, 2.45) is 5.92 Å². The number of aryl methyl sites for hydroxylation is 1. The molecular formula is C29H28ClN5O5. The van der Waals surface area contributed by atoms with E-state index in [9.17, 15) is 14.4 Å². The first-order valence-corrected chi connectivity index (χ1v) is 13.1. The van der Waals surface area contributed by atoms with Crippen LogP contribution in [-0.4, -0.2) is 32.2 Å². The van der Waals surface area contributed by atoms with Crippen molar-refractivity contribution in [3.05, 3.63) is 104 Å². The van der Waals surface area contributed by atoms with Gasteiger partial charge in [0.1, 0.15) is 5.75 Å². The Morgan fingerprint density at radius 1 is 1.12 bits per heavy atom. The fourth-order valence-electron chi connectivity index (χ4n) is 4.75. The Morgan fingerprint density at radius 3 is 2.50 bits per heavy atom. The highest BCUT2D eigenvalue weighted by Gasteiger charge is 2.54. The Labute approximate surface area is 235 Å². The summed E-state index contributed by atoms with van der Waals surface area (Å²) in [5.41, 5.74) is -0.0984. The van der Waals surface area contributed by atoms with Gasteiger partial charge >= 0.3 is 17.3 Å². The fourth-order valence-corrected chi connectivity index (χ4v) is 4.88. The van der Waals surface area contributed by atoms with Crippen LogP contribution in [0.25, 0.3) is 0 Å². The predicted octanol–water partition coefficient (Wildman–Crippen LogP) is 4.64. The minimum atomic E-state index is -0.977. The van der Waals surface area contributed by atoms with Gasteiger partial charge in [-0.15, -0.1) is 0 Å². The Balaban J connectivity index is 1.54. The molecule has 4 aromatic rings. The summed E-state index contributed by atoms with van der Waals surface area (Å²) in [5, 5.41) is 3.69. The summed E-state index contributed by atoms with van der Waals surface area (Å²) in [6, 6.07) is 17.8. The average molecular weight is 562 g/mol.